The van der Waals surface area contributed by atoms with E-state index in [9.17, 15) is 8.42 Å². The van der Waals surface area contributed by atoms with Crippen LogP contribution < -0.4 is 14.4 Å². The van der Waals surface area contributed by atoms with Gasteiger partial charge in [0.2, 0.25) is 10.0 Å². The molecule has 28 heavy (non-hydrogen) atoms. The van der Waals surface area contributed by atoms with Crippen molar-refractivity contribution in [1.82, 2.24) is 9.62 Å². The lowest BCUT2D eigenvalue weighted by Gasteiger charge is -2.36. The maximum Gasteiger partial charge on any atom is 0.241 e. The summed E-state index contributed by atoms with van der Waals surface area (Å²) in [6.07, 6.45) is 0.784. The molecule has 0 radical (unpaired) electrons. The van der Waals surface area contributed by atoms with Crippen molar-refractivity contribution in [3.63, 3.8) is 0 Å². The van der Waals surface area contributed by atoms with E-state index < -0.39 is 10.0 Å². The molecule has 0 saturated carbocycles. The molecule has 0 unspecified atom stereocenters. The van der Waals surface area contributed by atoms with E-state index in [2.05, 4.69) is 42.6 Å². The smallest absolute Gasteiger partial charge is 0.241 e. The van der Waals surface area contributed by atoms with Crippen molar-refractivity contribution in [2.45, 2.75) is 11.3 Å². The number of sulfonamides is 1. The van der Waals surface area contributed by atoms with Gasteiger partial charge in [0.05, 0.1) is 12.0 Å². The number of nitrogens with one attached hydrogen (secondary N) is 1. The van der Waals surface area contributed by atoms with Gasteiger partial charge in [-0.15, -0.1) is 0 Å². The van der Waals surface area contributed by atoms with Crippen LogP contribution in [0.3, 0.4) is 0 Å². The molecule has 6 nitrogen and oxygen atoms in total. The van der Waals surface area contributed by atoms with Gasteiger partial charge in [0.25, 0.3) is 0 Å². The summed E-state index contributed by atoms with van der Waals surface area (Å²) in [5, 5.41) is 0. The molecule has 1 aliphatic heterocycles. The van der Waals surface area contributed by atoms with Gasteiger partial charge < -0.3 is 9.64 Å². The first-order valence-corrected chi connectivity index (χ1v) is 11.6. The summed E-state index contributed by atoms with van der Waals surface area (Å²) < 4.78 is 33.2. The highest BCUT2D eigenvalue weighted by Gasteiger charge is 2.18. The van der Waals surface area contributed by atoms with Crippen LogP contribution in [0.4, 0.5) is 5.69 Å². The first kappa shape index (κ1) is 21.1. The fraction of sp³-hybridized carbons (Fsp3) is 0.400. The number of anilines is 1. The van der Waals surface area contributed by atoms with E-state index >= 15 is 0 Å². The highest BCUT2D eigenvalue weighted by atomic mass is 79.9. The van der Waals surface area contributed by atoms with Crippen molar-refractivity contribution in [3.05, 3.63) is 53.0 Å². The molecule has 2 aromatic rings. The average molecular weight is 468 g/mol. The van der Waals surface area contributed by atoms with Crippen LogP contribution in [0, 0.1) is 0 Å². The molecule has 1 aliphatic rings. The lowest BCUT2D eigenvalue weighted by atomic mass is 10.2. The monoisotopic (exact) mass is 467 g/mol. The maximum atomic E-state index is 12.4. The molecular weight excluding hydrogens is 442 g/mol. The predicted molar refractivity (Wildman–Crippen MR) is 116 cm³/mol. The Balaban J connectivity index is 1.40. The zero-order chi connectivity index (χ0) is 20.0. The minimum atomic E-state index is -3.48. The van der Waals surface area contributed by atoms with Gasteiger partial charge in [0.15, 0.2) is 0 Å². The second-order valence-corrected chi connectivity index (χ2v) is 9.30. The number of nitrogens with zero attached hydrogens (tertiary/aromatic N) is 2. The van der Waals surface area contributed by atoms with Crippen molar-refractivity contribution in [2.24, 2.45) is 0 Å². The van der Waals surface area contributed by atoms with Crippen LogP contribution >= 0.6 is 15.9 Å². The topological polar surface area (TPSA) is 61.9 Å². The quantitative estimate of drug-likeness (QED) is 0.604. The molecular formula is C20H26BrN3O3S. The fourth-order valence-electron chi connectivity index (χ4n) is 3.27. The molecule has 0 aromatic heterocycles. The Hall–Kier alpha value is -1.61. The summed E-state index contributed by atoms with van der Waals surface area (Å²) in [4.78, 5) is 5.03. The third-order valence-corrected chi connectivity index (χ3v) is 7.35. The summed E-state index contributed by atoms with van der Waals surface area (Å²) in [7, 11) is -1.81. The lowest BCUT2D eigenvalue weighted by Crippen LogP contribution is -2.47. The van der Waals surface area contributed by atoms with Gasteiger partial charge in [-0.25, -0.2) is 13.1 Å². The van der Waals surface area contributed by atoms with Crippen molar-refractivity contribution >= 4 is 31.6 Å². The number of hydrogen-bond donors (Lipinski definition) is 1. The molecule has 8 heteroatoms. The van der Waals surface area contributed by atoms with E-state index in [1.807, 2.05) is 12.1 Å². The van der Waals surface area contributed by atoms with Crippen LogP contribution in [-0.4, -0.2) is 59.7 Å². The van der Waals surface area contributed by atoms with E-state index in [1.54, 1.807) is 31.4 Å². The van der Waals surface area contributed by atoms with Gasteiger partial charge in [-0.1, -0.05) is 12.1 Å². The number of hydrogen-bond acceptors (Lipinski definition) is 5. The second-order valence-electron chi connectivity index (χ2n) is 6.71. The van der Waals surface area contributed by atoms with Gasteiger partial charge in [-0.05, 0) is 65.3 Å². The first-order chi connectivity index (χ1) is 13.5. The maximum absolute atomic E-state index is 12.4. The highest BCUT2D eigenvalue weighted by Crippen LogP contribution is 2.21. The normalized spacial score (nSPS) is 15.6. The minimum absolute atomic E-state index is 0.281. The Morgan fingerprint density at radius 3 is 2.36 bits per heavy atom. The molecule has 0 amide bonds. The van der Waals surface area contributed by atoms with Gasteiger partial charge in [0.1, 0.15) is 5.75 Å². The number of benzene rings is 2. The first-order valence-electron chi connectivity index (χ1n) is 9.35. The van der Waals surface area contributed by atoms with Crippen molar-refractivity contribution in [1.29, 1.82) is 0 Å². The third kappa shape index (κ3) is 5.47. The van der Waals surface area contributed by atoms with Gasteiger partial charge >= 0.3 is 0 Å². The SMILES string of the molecule is COc1ccc(N2CCN(CCCNS(=O)(=O)c3ccccc3Br)CC2)cc1. The zero-order valence-electron chi connectivity index (χ0n) is 16.0. The van der Waals surface area contributed by atoms with Crippen LogP contribution in [0.25, 0.3) is 0 Å². The van der Waals surface area contributed by atoms with E-state index in [-0.39, 0.29) is 4.90 Å². The Kier molecular flexibility index (Phi) is 7.34. The number of methoxy groups -OCH3 is 1. The van der Waals surface area contributed by atoms with Crippen LogP contribution in [0.1, 0.15) is 6.42 Å². The molecule has 0 spiro atoms. The Morgan fingerprint density at radius 1 is 1.04 bits per heavy atom. The van der Waals surface area contributed by atoms with Crippen molar-refractivity contribution < 1.29 is 13.2 Å². The molecule has 1 fully saturated rings. The molecule has 152 valence electrons. The van der Waals surface area contributed by atoms with Gasteiger partial charge in [0, 0.05) is 42.9 Å². The Labute approximate surface area is 175 Å². The molecule has 3 rings (SSSR count). The number of halogens is 1. The van der Waals surface area contributed by atoms with Crippen LogP contribution in [0.5, 0.6) is 5.75 Å². The standard InChI is InChI=1S/C20H26BrN3O3S/c1-27-18-9-7-17(8-10-18)24-15-13-23(14-16-24)12-4-11-22-28(25,26)20-6-3-2-5-19(20)21/h2-3,5-10,22H,4,11-16H2,1H3. The fourth-order valence-corrected chi connectivity index (χ4v) is 5.35. The Morgan fingerprint density at radius 2 is 1.71 bits per heavy atom. The van der Waals surface area contributed by atoms with Crippen molar-refractivity contribution in [2.75, 3.05) is 51.3 Å². The largest absolute Gasteiger partial charge is 0.497 e. The summed E-state index contributed by atoms with van der Waals surface area (Å²) in [5.41, 5.74) is 1.21. The average Bonchev–Trinajstić information content (AvgIpc) is 2.72. The number of ether oxygens (including phenoxy) is 1. The Bertz CT molecular complexity index is 867. The van der Waals surface area contributed by atoms with E-state index in [4.69, 9.17) is 4.74 Å². The van der Waals surface area contributed by atoms with E-state index in [1.165, 1.54) is 5.69 Å². The molecule has 1 saturated heterocycles. The lowest BCUT2D eigenvalue weighted by molar-refractivity contribution is 0.255. The summed E-state index contributed by atoms with van der Waals surface area (Å²) in [6, 6.07) is 15.0. The molecule has 0 atom stereocenters. The number of piperazine rings is 1. The van der Waals surface area contributed by atoms with Crippen LogP contribution in [0.2, 0.25) is 0 Å². The molecule has 1 heterocycles. The van der Waals surface area contributed by atoms with Crippen LogP contribution in [-0.2, 0) is 10.0 Å². The molecule has 0 aliphatic carbocycles. The third-order valence-electron chi connectivity index (χ3n) is 4.88. The molecule has 0 bridgehead atoms. The van der Waals surface area contributed by atoms with Gasteiger partial charge in [-0.3, -0.25) is 4.90 Å². The molecule has 1 N–H and O–H groups in total. The number of rotatable bonds is 8. The summed E-state index contributed by atoms with van der Waals surface area (Å²) >= 11 is 3.30. The van der Waals surface area contributed by atoms with Crippen molar-refractivity contribution in [3.8, 4) is 5.75 Å². The second kappa shape index (κ2) is 9.73. The van der Waals surface area contributed by atoms with Crippen LogP contribution in [0.15, 0.2) is 57.9 Å². The highest BCUT2D eigenvalue weighted by molar-refractivity contribution is 9.10. The zero-order valence-corrected chi connectivity index (χ0v) is 18.4. The van der Waals surface area contributed by atoms with E-state index in [0.29, 0.717) is 11.0 Å². The summed E-state index contributed by atoms with van der Waals surface area (Å²) in [6.45, 7) is 5.20. The minimum Gasteiger partial charge on any atom is -0.497 e. The van der Waals surface area contributed by atoms with E-state index in [0.717, 1.165) is 44.9 Å². The summed E-state index contributed by atoms with van der Waals surface area (Å²) in [5.74, 6) is 0.868. The van der Waals surface area contributed by atoms with Gasteiger partial charge in [-0.2, -0.15) is 0 Å². The molecule has 2 aromatic carbocycles. The predicted octanol–water partition coefficient (Wildman–Crippen LogP) is 2.95.